The number of nitrogens with one attached hydrogen (secondary N) is 1. The molecule has 0 fully saturated rings. The van der Waals surface area contributed by atoms with Crippen molar-refractivity contribution in [1.29, 1.82) is 0 Å². The van der Waals surface area contributed by atoms with Gasteiger partial charge < -0.3 is 20.5 Å². The number of imidazole rings is 1. The highest BCUT2D eigenvalue weighted by molar-refractivity contribution is 5.98. The molecule has 0 saturated carbocycles. The molecule has 0 aliphatic heterocycles. The van der Waals surface area contributed by atoms with Gasteiger partial charge in [0.2, 0.25) is 5.95 Å². The number of carbonyl (C=O) groups excluding carboxylic acids is 2. The number of anilines is 2. The van der Waals surface area contributed by atoms with Crippen LogP contribution in [0.2, 0.25) is 0 Å². The minimum atomic E-state index is 0.0277. The minimum Gasteiger partial charge on any atom is -0.339 e. The van der Waals surface area contributed by atoms with Crippen LogP contribution in [0.4, 0.5) is 11.6 Å². The summed E-state index contributed by atoms with van der Waals surface area (Å²) in [5.41, 5.74) is 9.75. The third kappa shape index (κ3) is 6.92. The summed E-state index contributed by atoms with van der Waals surface area (Å²) in [6.45, 7) is 12.8. The molecule has 1 heterocycles. The van der Waals surface area contributed by atoms with Gasteiger partial charge in [-0.3, -0.25) is 9.59 Å². The molecular formula is C28H39N5O2. The van der Waals surface area contributed by atoms with E-state index in [-0.39, 0.29) is 11.7 Å². The number of hydrogen-bond donors (Lipinski definition) is 2. The van der Waals surface area contributed by atoms with Gasteiger partial charge in [0, 0.05) is 43.0 Å². The fourth-order valence-corrected chi connectivity index (χ4v) is 3.95. The van der Waals surface area contributed by atoms with Gasteiger partial charge in [0.05, 0.1) is 11.0 Å². The SMILES string of the molecule is CC(=O)c1ccc(Nc2nc3ccc(C(=O)N(CCC(C)C)CCC(C)C)cc3n2CCN)cc1. The van der Waals surface area contributed by atoms with Crippen molar-refractivity contribution in [3.8, 4) is 0 Å². The zero-order valence-corrected chi connectivity index (χ0v) is 21.7. The molecule has 188 valence electrons. The first-order chi connectivity index (χ1) is 16.7. The smallest absolute Gasteiger partial charge is 0.253 e. The number of Topliss-reactive ketones (excluding diaryl/α,β-unsaturated/α-hetero) is 1. The van der Waals surface area contributed by atoms with E-state index >= 15 is 0 Å². The van der Waals surface area contributed by atoms with Crippen molar-refractivity contribution in [2.24, 2.45) is 17.6 Å². The molecule has 0 atom stereocenters. The summed E-state index contributed by atoms with van der Waals surface area (Å²) in [7, 11) is 0. The lowest BCUT2D eigenvalue weighted by Crippen LogP contribution is -2.34. The average molecular weight is 478 g/mol. The van der Waals surface area contributed by atoms with Gasteiger partial charge in [-0.15, -0.1) is 0 Å². The Balaban J connectivity index is 1.91. The normalized spacial score (nSPS) is 11.4. The summed E-state index contributed by atoms with van der Waals surface area (Å²) in [6.07, 6.45) is 1.96. The average Bonchev–Trinajstić information content (AvgIpc) is 3.15. The zero-order chi connectivity index (χ0) is 25.5. The van der Waals surface area contributed by atoms with E-state index < -0.39 is 0 Å². The Kier molecular flexibility index (Phi) is 9.04. The molecule has 0 bridgehead atoms. The van der Waals surface area contributed by atoms with Gasteiger partial charge in [0.25, 0.3) is 5.91 Å². The maximum atomic E-state index is 13.5. The van der Waals surface area contributed by atoms with E-state index in [0.29, 0.717) is 42.0 Å². The van der Waals surface area contributed by atoms with Crippen molar-refractivity contribution in [3.05, 3.63) is 53.6 Å². The lowest BCUT2D eigenvalue weighted by atomic mass is 10.1. The van der Waals surface area contributed by atoms with Crippen LogP contribution in [-0.4, -0.2) is 45.8 Å². The minimum absolute atomic E-state index is 0.0277. The van der Waals surface area contributed by atoms with Crippen LogP contribution in [0.5, 0.6) is 0 Å². The van der Waals surface area contributed by atoms with Crippen LogP contribution in [0.1, 0.15) is 68.2 Å². The Bertz CT molecular complexity index is 1140. The highest BCUT2D eigenvalue weighted by atomic mass is 16.2. The van der Waals surface area contributed by atoms with E-state index in [0.717, 1.165) is 42.7 Å². The number of fused-ring (bicyclic) bond motifs is 1. The second-order valence-electron chi connectivity index (χ2n) is 9.99. The summed E-state index contributed by atoms with van der Waals surface area (Å²) in [4.78, 5) is 31.8. The molecule has 7 nitrogen and oxygen atoms in total. The number of carbonyl (C=O) groups is 2. The van der Waals surface area contributed by atoms with E-state index in [1.54, 1.807) is 19.1 Å². The van der Waals surface area contributed by atoms with Crippen molar-refractivity contribution < 1.29 is 9.59 Å². The van der Waals surface area contributed by atoms with Gasteiger partial charge in [-0.2, -0.15) is 0 Å². The Morgan fingerprint density at radius 3 is 2.11 bits per heavy atom. The number of ketones is 1. The number of amides is 1. The Labute approximate surface area is 208 Å². The Morgan fingerprint density at radius 1 is 0.971 bits per heavy atom. The van der Waals surface area contributed by atoms with Crippen molar-refractivity contribution in [2.75, 3.05) is 25.0 Å². The molecule has 0 spiro atoms. The first kappa shape index (κ1) is 26.4. The second kappa shape index (κ2) is 12.0. The van der Waals surface area contributed by atoms with Crippen LogP contribution in [0.25, 0.3) is 11.0 Å². The molecule has 35 heavy (non-hydrogen) atoms. The molecular weight excluding hydrogens is 438 g/mol. The fourth-order valence-electron chi connectivity index (χ4n) is 3.95. The first-order valence-corrected chi connectivity index (χ1v) is 12.6. The summed E-state index contributed by atoms with van der Waals surface area (Å²) < 4.78 is 2.01. The molecule has 1 amide bonds. The molecule has 1 aromatic heterocycles. The van der Waals surface area contributed by atoms with Gasteiger partial charge in [0.1, 0.15) is 0 Å². The van der Waals surface area contributed by atoms with Crippen LogP contribution >= 0.6 is 0 Å². The quantitative estimate of drug-likeness (QED) is 0.337. The maximum absolute atomic E-state index is 13.5. The molecule has 0 aliphatic rings. The van der Waals surface area contributed by atoms with Gasteiger partial charge in [-0.1, -0.05) is 27.7 Å². The largest absolute Gasteiger partial charge is 0.339 e. The molecule has 3 N–H and O–H groups in total. The van der Waals surface area contributed by atoms with Crippen LogP contribution in [0.15, 0.2) is 42.5 Å². The predicted octanol–water partition coefficient (Wildman–Crippen LogP) is 5.48. The van der Waals surface area contributed by atoms with Crippen molar-refractivity contribution in [1.82, 2.24) is 14.5 Å². The highest BCUT2D eigenvalue weighted by Gasteiger charge is 2.19. The topological polar surface area (TPSA) is 93.2 Å². The number of nitrogens with two attached hydrogens (primary N) is 1. The number of aromatic nitrogens is 2. The molecule has 0 radical (unpaired) electrons. The van der Waals surface area contributed by atoms with Gasteiger partial charge in [-0.05, 0) is 74.1 Å². The molecule has 3 rings (SSSR count). The molecule has 3 aromatic rings. The summed E-state index contributed by atoms with van der Waals surface area (Å²) in [5, 5.41) is 3.34. The van der Waals surface area contributed by atoms with E-state index in [1.807, 2.05) is 39.8 Å². The van der Waals surface area contributed by atoms with E-state index in [2.05, 4.69) is 33.0 Å². The van der Waals surface area contributed by atoms with Crippen molar-refractivity contribution in [3.63, 3.8) is 0 Å². The Morgan fingerprint density at radius 2 is 1.57 bits per heavy atom. The van der Waals surface area contributed by atoms with Crippen LogP contribution in [0.3, 0.4) is 0 Å². The van der Waals surface area contributed by atoms with Gasteiger partial charge >= 0.3 is 0 Å². The zero-order valence-electron chi connectivity index (χ0n) is 21.7. The van der Waals surface area contributed by atoms with Crippen molar-refractivity contribution >= 4 is 34.4 Å². The van der Waals surface area contributed by atoms with Crippen LogP contribution in [-0.2, 0) is 6.54 Å². The molecule has 0 saturated heterocycles. The van der Waals surface area contributed by atoms with E-state index in [9.17, 15) is 9.59 Å². The molecule has 7 heteroatoms. The predicted molar refractivity (Wildman–Crippen MR) is 143 cm³/mol. The number of rotatable bonds is 12. The standard InChI is InChI=1S/C28H39N5O2/c1-19(2)12-15-32(16-13-20(3)4)27(35)23-8-11-25-26(18-23)33(17-14-29)28(31-25)30-24-9-6-22(7-10-24)21(5)34/h6-11,18-20H,12-17,29H2,1-5H3,(H,30,31). The molecule has 2 aromatic carbocycles. The Hall–Kier alpha value is -3.19. The van der Waals surface area contributed by atoms with Gasteiger partial charge in [-0.25, -0.2) is 4.98 Å². The van der Waals surface area contributed by atoms with E-state index in [4.69, 9.17) is 10.7 Å². The van der Waals surface area contributed by atoms with E-state index in [1.165, 1.54) is 0 Å². The number of benzene rings is 2. The monoisotopic (exact) mass is 477 g/mol. The molecule has 0 aliphatic carbocycles. The second-order valence-corrected chi connectivity index (χ2v) is 9.99. The van der Waals surface area contributed by atoms with Gasteiger partial charge in [0.15, 0.2) is 5.78 Å². The van der Waals surface area contributed by atoms with Crippen LogP contribution < -0.4 is 11.1 Å². The lowest BCUT2D eigenvalue weighted by molar-refractivity contribution is 0.0740. The van der Waals surface area contributed by atoms with Crippen molar-refractivity contribution in [2.45, 2.75) is 54.0 Å². The summed E-state index contributed by atoms with van der Waals surface area (Å²) in [5.74, 6) is 1.82. The fraction of sp³-hybridized carbons (Fsp3) is 0.464. The highest BCUT2D eigenvalue weighted by Crippen LogP contribution is 2.25. The number of hydrogen-bond acceptors (Lipinski definition) is 5. The first-order valence-electron chi connectivity index (χ1n) is 12.6. The molecule has 0 unspecified atom stereocenters. The summed E-state index contributed by atoms with van der Waals surface area (Å²) >= 11 is 0. The lowest BCUT2D eigenvalue weighted by Gasteiger charge is -2.24. The number of nitrogens with zero attached hydrogens (tertiary/aromatic N) is 3. The third-order valence-electron chi connectivity index (χ3n) is 6.14. The summed E-state index contributed by atoms with van der Waals surface area (Å²) in [6, 6.07) is 13.0. The van der Waals surface area contributed by atoms with Crippen LogP contribution in [0, 0.1) is 11.8 Å². The third-order valence-corrected chi connectivity index (χ3v) is 6.14. The maximum Gasteiger partial charge on any atom is 0.253 e.